The highest BCUT2D eigenvalue weighted by molar-refractivity contribution is 5.86. The molecule has 2 N–H and O–H groups in total. The number of hydrogen-bond donors (Lipinski definition) is 2. The number of aromatic carboxylic acids is 1. The van der Waals surface area contributed by atoms with Gasteiger partial charge in [-0.3, -0.25) is 4.68 Å². The average Bonchev–Trinajstić information content (AvgIpc) is 2.75. The normalized spacial score (nSPS) is 21.3. The lowest BCUT2D eigenvalue weighted by atomic mass is 10.1. The number of nitrogens with one attached hydrogen (secondary N) is 1. The molecule has 2 heterocycles. The van der Waals surface area contributed by atoms with Crippen molar-refractivity contribution in [3.63, 3.8) is 0 Å². The topological polar surface area (TPSA) is 67.1 Å². The van der Waals surface area contributed by atoms with E-state index >= 15 is 0 Å². The predicted octanol–water partition coefficient (Wildman–Crippen LogP) is 0.191. The van der Waals surface area contributed by atoms with E-state index in [-0.39, 0.29) is 5.56 Å². The highest BCUT2D eigenvalue weighted by Gasteiger charge is 2.15. The molecular weight excluding hydrogens is 182 g/mol. The maximum Gasteiger partial charge on any atom is 0.338 e. The van der Waals surface area contributed by atoms with Crippen LogP contribution in [0.3, 0.4) is 0 Å². The summed E-state index contributed by atoms with van der Waals surface area (Å²) in [7, 11) is 0. The zero-order chi connectivity index (χ0) is 9.97. The van der Waals surface area contributed by atoms with Gasteiger partial charge in [0.2, 0.25) is 0 Å². The molecule has 0 bridgehead atoms. The van der Waals surface area contributed by atoms with Crippen molar-refractivity contribution in [2.45, 2.75) is 13.0 Å². The molecule has 0 aliphatic carbocycles. The minimum Gasteiger partial charge on any atom is -0.478 e. The summed E-state index contributed by atoms with van der Waals surface area (Å²) in [4.78, 5) is 10.6. The van der Waals surface area contributed by atoms with E-state index < -0.39 is 5.97 Å². The molecule has 1 aromatic rings. The standard InChI is InChI=1S/C9H13N3O2/c13-9(14)8-4-11-12(6-8)5-7-1-2-10-3-7/h4,6-7,10H,1-3,5H2,(H,13,14). The second-order valence-corrected chi connectivity index (χ2v) is 3.62. The fraction of sp³-hybridized carbons (Fsp3) is 0.556. The van der Waals surface area contributed by atoms with Gasteiger partial charge in [0.25, 0.3) is 0 Å². The Hall–Kier alpha value is -1.36. The van der Waals surface area contributed by atoms with Crippen LogP contribution >= 0.6 is 0 Å². The molecule has 0 saturated carbocycles. The maximum absolute atomic E-state index is 10.6. The van der Waals surface area contributed by atoms with E-state index in [0.717, 1.165) is 26.1 Å². The minimum absolute atomic E-state index is 0.260. The van der Waals surface area contributed by atoms with E-state index in [1.54, 1.807) is 10.9 Å². The van der Waals surface area contributed by atoms with E-state index in [0.29, 0.717) is 5.92 Å². The Kier molecular flexibility index (Phi) is 2.49. The molecular formula is C9H13N3O2. The zero-order valence-electron chi connectivity index (χ0n) is 7.81. The van der Waals surface area contributed by atoms with Gasteiger partial charge in [-0.05, 0) is 25.4 Å². The number of rotatable bonds is 3. The van der Waals surface area contributed by atoms with Crippen LogP contribution in [-0.4, -0.2) is 33.9 Å². The highest BCUT2D eigenvalue weighted by Crippen LogP contribution is 2.10. The lowest BCUT2D eigenvalue weighted by Gasteiger charge is -2.06. The molecule has 1 fully saturated rings. The summed E-state index contributed by atoms with van der Waals surface area (Å²) in [6.45, 7) is 2.86. The van der Waals surface area contributed by atoms with Crippen LogP contribution in [0, 0.1) is 5.92 Å². The first-order valence-corrected chi connectivity index (χ1v) is 4.72. The molecule has 0 spiro atoms. The summed E-state index contributed by atoms with van der Waals surface area (Å²) < 4.78 is 1.71. The van der Waals surface area contributed by atoms with Gasteiger partial charge in [0.15, 0.2) is 0 Å². The van der Waals surface area contributed by atoms with Crippen molar-refractivity contribution in [1.29, 1.82) is 0 Å². The lowest BCUT2D eigenvalue weighted by Crippen LogP contribution is -2.14. The number of hydrogen-bond acceptors (Lipinski definition) is 3. The third-order valence-corrected chi connectivity index (χ3v) is 2.49. The largest absolute Gasteiger partial charge is 0.478 e. The zero-order valence-corrected chi connectivity index (χ0v) is 7.81. The molecule has 1 saturated heterocycles. The van der Waals surface area contributed by atoms with Crippen molar-refractivity contribution >= 4 is 5.97 Å². The Bertz CT molecular complexity index is 329. The third kappa shape index (κ3) is 1.93. The summed E-state index contributed by atoms with van der Waals surface area (Å²) in [5.41, 5.74) is 0.260. The number of carboxylic acids is 1. The summed E-state index contributed by atoms with van der Waals surface area (Å²) in [6, 6.07) is 0. The Morgan fingerprint density at radius 1 is 1.79 bits per heavy atom. The molecule has 0 aromatic carbocycles. The fourth-order valence-electron chi connectivity index (χ4n) is 1.71. The molecule has 0 radical (unpaired) electrons. The highest BCUT2D eigenvalue weighted by atomic mass is 16.4. The molecule has 1 unspecified atom stereocenters. The van der Waals surface area contributed by atoms with E-state index in [1.807, 2.05) is 0 Å². The molecule has 14 heavy (non-hydrogen) atoms. The van der Waals surface area contributed by atoms with Crippen LogP contribution in [0.5, 0.6) is 0 Å². The second kappa shape index (κ2) is 3.79. The molecule has 1 aliphatic heterocycles. The Balaban J connectivity index is 1.98. The lowest BCUT2D eigenvalue weighted by molar-refractivity contribution is 0.0696. The van der Waals surface area contributed by atoms with Gasteiger partial charge in [0, 0.05) is 12.7 Å². The van der Waals surface area contributed by atoms with Gasteiger partial charge in [-0.15, -0.1) is 0 Å². The van der Waals surface area contributed by atoms with Crippen LogP contribution in [0.4, 0.5) is 0 Å². The third-order valence-electron chi connectivity index (χ3n) is 2.49. The number of nitrogens with zero attached hydrogens (tertiary/aromatic N) is 2. The molecule has 1 aliphatic rings. The first kappa shape index (κ1) is 9.21. The number of carboxylic acid groups (broad SMARTS) is 1. The van der Waals surface area contributed by atoms with Crippen molar-refractivity contribution < 1.29 is 9.90 Å². The summed E-state index contributed by atoms with van der Waals surface area (Å²) >= 11 is 0. The first-order chi connectivity index (χ1) is 6.75. The van der Waals surface area contributed by atoms with Gasteiger partial charge in [-0.25, -0.2) is 4.79 Å². The Morgan fingerprint density at radius 2 is 2.64 bits per heavy atom. The summed E-state index contributed by atoms with van der Waals surface area (Å²) in [5.74, 6) is -0.336. The first-order valence-electron chi connectivity index (χ1n) is 4.72. The van der Waals surface area contributed by atoms with Crippen molar-refractivity contribution in [3.05, 3.63) is 18.0 Å². The van der Waals surface area contributed by atoms with Gasteiger partial charge < -0.3 is 10.4 Å². The summed E-state index contributed by atoms with van der Waals surface area (Å²) in [5, 5.41) is 16.0. The van der Waals surface area contributed by atoms with Crippen LogP contribution in [-0.2, 0) is 6.54 Å². The summed E-state index contributed by atoms with van der Waals surface area (Å²) in [6.07, 6.45) is 4.12. The Morgan fingerprint density at radius 3 is 3.21 bits per heavy atom. The van der Waals surface area contributed by atoms with Gasteiger partial charge in [-0.2, -0.15) is 5.10 Å². The van der Waals surface area contributed by atoms with Crippen molar-refractivity contribution in [2.75, 3.05) is 13.1 Å². The Labute approximate surface area is 81.7 Å². The van der Waals surface area contributed by atoms with Crippen molar-refractivity contribution in [3.8, 4) is 0 Å². The predicted molar refractivity (Wildman–Crippen MR) is 50.2 cm³/mol. The molecule has 5 nitrogen and oxygen atoms in total. The molecule has 0 amide bonds. The molecule has 1 aromatic heterocycles. The van der Waals surface area contributed by atoms with Crippen molar-refractivity contribution in [1.82, 2.24) is 15.1 Å². The number of aromatic nitrogens is 2. The van der Waals surface area contributed by atoms with Gasteiger partial charge in [0.1, 0.15) is 0 Å². The SMILES string of the molecule is O=C(O)c1cnn(CC2CCNC2)c1. The van der Waals surface area contributed by atoms with Crippen LogP contribution in [0.25, 0.3) is 0 Å². The van der Waals surface area contributed by atoms with Crippen LogP contribution in [0.1, 0.15) is 16.8 Å². The van der Waals surface area contributed by atoms with E-state index in [4.69, 9.17) is 5.11 Å². The van der Waals surface area contributed by atoms with Crippen LogP contribution in [0.15, 0.2) is 12.4 Å². The van der Waals surface area contributed by atoms with Crippen LogP contribution < -0.4 is 5.32 Å². The molecule has 76 valence electrons. The van der Waals surface area contributed by atoms with E-state index in [2.05, 4.69) is 10.4 Å². The van der Waals surface area contributed by atoms with Gasteiger partial charge in [0.05, 0.1) is 11.8 Å². The minimum atomic E-state index is -0.916. The van der Waals surface area contributed by atoms with E-state index in [1.165, 1.54) is 6.20 Å². The maximum atomic E-state index is 10.6. The average molecular weight is 195 g/mol. The monoisotopic (exact) mass is 195 g/mol. The van der Waals surface area contributed by atoms with Gasteiger partial charge in [-0.1, -0.05) is 0 Å². The molecule has 1 atom stereocenters. The van der Waals surface area contributed by atoms with E-state index in [9.17, 15) is 4.79 Å². The van der Waals surface area contributed by atoms with Crippen LogP contribution in [0.2, 0.25) is 0 Å². The number of carbonyl (C=O) groups is 1. The quantitative estimate of drug-likeness (QED) is 0.722. The molecule has 5 heteroatoms. The second-order valence-electron chi connectivity index (χ2n) is 3.62. The fourth-order valence-corrected chi connectivity index (χ4v) is 1.71. The van der Waals surface area contributed by atoms with Gasteiger partial charge >= 0.3 is 5.97 Å². The molecule has 2 rings (SSSR count). The van der Waals surface area contributed by atoms with Crippen molar-refractivity contribution in [2.24, 2.45) is 5.92 Å². The smallest absolute Gasteiger partial charge is 0.338 e.